The van der Waals surface area contributed by atoms with Crippen LogP contribution in [0, 0.1) is 0 Å². The van der Waals surface area contributed by atoms with Gasteiger partial charge in [-0.25, -0.2) is 4.98 Å². The van der Waals surface area contributed by atoms with Gasteiger partial charge in [-0.3, -0.25) is 0 Å². The molecule has 0 amide bonds. The van der Waals surface area contributed by atoms with E-state index < -0.39 is 0 Å². The van der Waals surface area contributed by atoms with Crippen molar-refractivity contribution in [1.82, 2.24) is 4.98 Å². The molecule has 0 radical (unpaired) electrons. The van der Waals surface area contributed by atoms with Crippen LogP contribution in [0.2, 0.25) is 0 Å². The van der Waals surface area contributed by atoms with Crippen molar-refractivity contribution in [3.63, 3.8) is 0 Å². The van der Waals surface area contributed by atoms with Crippen LogP contribution in [0.25, 0.3) is 11.1 Å². The highest BCUT2D eigenvalue weighted by molar-refractivity contribution is 5.63. The molecule has 3 heteroatoms. The third-order valence-electron chi connectivity index (χ3n) is 3.28. The monoisotopic (exact) mass is 276 g/mol. The van der Waals surface area contributed by atoms with Crippen molar-refractivity contribution in [2.75, 3.05) is 5.73 Å². The zero-order valence-corrected chi connectivity index (χ0v) is 11.6. The number of nitrogen functional groups attached to an aromatic ring is 1. The van der Waals surface area contributed by atoms with Crippen LogP contribution in [0.15, 0.2) is 72.9 Å². The second kappa shape index (κ2) is 6.09. The molecule has 0 saturated carbocycles. The lowest BCUT2D eigenvalue weighted by Crippen LogP contribution is -2.01. The summed E-state index contributed by atoms with van der Waals surface area (Å²) in [6, 6.07) is 22.1. The Kier molecular flexibility index (Phi) is 3.83. The molecule has 0 unspecified atom stereocenters. The first-order chi connectivity index (χ1) is 10.3. The Morgan fingerprint density at radius 2 is 1.52 bits per heavy atom. The fourth-order valence-corrected chi connectivity index (χ4v) is 2.11. The Morgan fingerprint density at radius 1 is 0.810 bits per heavy atom. The number of anilines is 1. The van der Waals surface area contributed by atoms with Gasteiger partial charge in [-0.1, -0.05) is 48.5 Å². The van der Waals surface area contributed by atoms with Crippen LogP contribution in [0.4, 0.5) is 5.82 Å². The summed E-state index contributed by atoms with van der Waals surface area (Å²) >= 11 is 0. The fourth-order valence-electron chi connectivity index (χ4n) is 2.11. The van der Waals surface area contributed by atoms with Crippen LogP contribution in [0.1, 0.15) is 5.56 Å². The lowest BCUT2D eigenvalue weighted by atomic mass is 10.1. The number of hydrogen-bond donors (Lipinski definition) is 1. The van der Waals surface area contributed by atoms with Gasteiger partial charge in [-0.05, 0) is 29.3 Å². The third kappa shape index (κ3) is 3.20. The molecule has 3 rings (SSSR count). The lowest BCUT2D eigenvalue weighted by Gasteiger charge is -2.08. The van der Waals surface area contributed by atoms with E-state index >= 15 is 0 Å². The predicted octanol–water partition coefficient (Wildman–Crippen LogP) is 3.91. The van der Waals surface area contributed by atoms with Gasteiger partial charge >= 0.3 is 0 Å². The van der Waals surface area contributed by atoms with Crippen LogP contribution in [0.3, 0.4) is 0 Å². The Morgan fingerprint density at radius 3 is 2.24 bits per heavy atom. The van der Waals surface area contributed by atoms with Gasteiger partial charge in [-0.15, -0.1) is 0 Å². The molecule has 1 aromatic heterocycles. The second-order valence-electron chi connectivity index (χ2n) is 4.73. The first-order valence-electron chi connectivity index (χ1n) is 6.80. The largest absolute Gasteiger partial charge is 0.489 e. The molecule has 0 fully saturated rings. The van der Waals surface area contributed by atoms with Gasteiger partial charge < -0.3 is 10.5 Å². The minimum Gasteiger partial charge on any atom is -0.489 e. The van der Waals surface area contributed by atoms with Gasteiger partial charge in [0.2, 0.25) is 0 Å². The molecule has 0 atom stereocenters. The highest BCUT2D eigenvalue weighted by Crippen LogP contribution is 2.22. The quantitative estimate of drug-likeness (QED) is 0.786. The number of benzene rings is 2. The molecule has 104 valence electrons. The summed E-state index contributed by atoms with van der Waals surface area (Å²) in [6.07, 6.45) is 1.67. The molecule has 3 aromatic rings. The number of nitrogens with zero attached hydrogens (tertiary/aromatic N) is 1. The standard InChI is InChI=1S/C18H16N2O/c19-18-16(7-4-12-20-18)13-21-17-10-8-15(9-11-17)14-5-2-1-3-6-14/h1-12H,13H2,(H2,19,20). The number of rotatable bonds is 4. The van der Waals surface area contributed by atoms with Crippen molar-refractivity contribution in [3.05, 3.63) is 78.5 Å². The normalized spacial score (nSPS) is 10.3. The maximum absolute atomic E-state index is 5.79. The summed E-state index contributed by atoms with van der Waals surface area (Å²) in [4.78, 5) is 4.04. The van der Waals surface area contributed by atoms with E-state index in [1.807, 2.05) is 42.5 Å². The van der Waals surface area contributed by atoms with E-state index in [0.29, 0.717) is 12.4 Å². The van der Waals surface area contributed by atoms with Crippen LogP contribution in [0.5, 0.6) is 5.75 Å². The Bertz CT molecular complexity index is 709. The van der Waals surface area contributed by atoms with E-state index in [2.05, 4.69) is 29.2 Å². The highest BCUT2D eigenvalue weighted by Gasteiger charge is 2.01. The Hall–Kier alpha value is -2.81. The Balaban J connectivity index is 1.69. The van der Waals surface area contributed by atoms with E-state index in [4.69, 9.17) is 10.5 Å². The lowest BCUT2D eigenvalue weighted by molar-refractivity contribution is 0.306. The smallest absolute Gasteiger partial charge is 0.129 e. The van der Waals surface area contributed by atoms with E-state index in [-0.39, 0.29) is 0 Å². The number of aromatic nitrogens is 1. The van der Waals surface area contributed by atoms with Crippen molar-refractivity contribution in [2.24, 2.45) is 0 Å². The molecule has 0 bridgehead atoms. The predicted molar refractivity (Wildman–Crippen MR) is 84.9 cm³/mol. The number of ether oxygens (including phenoxy) is 1. The summed E-state index contributed by atoms with van der Waals surface area (Å²) < 4.78 is 5.74. The minimum atomic E-state index is 0.421. The third-order valence-corrected chi connectivity index (χ3v) is 3.28. The number of nitrogens with two attached hydrogens (primary N) is 1. The van der Waals surface area contributed by atoms with Gasteiger partial charge in [0.15, 0.2) is 0 Å². The van der Waals surface area contributed by atoms with E-state index in [1.165, 1.54) is 11.1 Å². The van der Waals surface area contributed by atoms with Crippen molar-refractivity contribution < 1.29 is 4.74 Å². The molecule has 1 heterocycles. The van der Waals surface area contributed by atoms with Crippen LogP contribution >= 0.6 is 0 Å². The van der Waals surface area contributed by atoms with Gasteiger partial charge in [0.1, 0.15) is 18.2 Å². The molecule has 0 saturated heterocycles. The molecule has 0 aliphatic carbocycles. The van der Waals surface area contributed by atoms with E-state index in [0.717, 1.165) is 11.3 Å². The summed E-state index contributed by atoms with van der Waals surface area (Å²) in [7, 11) is 0. The van der Waals surface area contributed by atoms with E-state index in [9.17, 15) is 0 Å². The molecular weight excluding hydrogens is 260 g/mol. The first-order valence-corrected chi connectivity index (χ1v) is 6.80. The van der Waals surface area contributed by atoms with Gasteiger partial charge in [0.25, 0.3) is 0 Å². The molecule has 0 aliphatic rings. The van der Waals surface area contributed by atoms with Crippen molar-refractivity contribution in [3.8, 4) is 16.9 Å². The van der Waals surface area contributed by atoms with Crippen LogP contribution in [-0.2, 0) is 6.61 Å². The zero-order valence-electron chi connectivity index (χ0n) is 11.6. The minimum absolute atomic E-state index is 0.421. The van der Waals surface area contributed by atoms with Crippen LogP contribution in [-0.4, -0.2) is 4.98 Å². The Labute approximate surface area is 124 Å². The highest BCUT2D eigenvalue weighted by atomic mass is 16.5. The summed E-state index contributed by atoms with van der Waals surface area (Å²) in [6.45, 7) is 0.421. The summed E-state index contributed by atoms with van der Waals surface area (Å²) in [5, 5.41) is 0. The van der Waals surface area contributed by atoms with Gasteiger partial charge in [0, 0.05) is 11.8 Å². The van der Waals surface area contributed by atoms with Crippen molar-refractivity contribution in [2.45, 2.75) is 6.61 Å². The van der Waals surface area contributed by atoms with Crippen molar-refractivity contribution >= 4 is 5.82 Å². The van der Waals surface area contributed by atoms with Crippen LogP contribution < -0.4 is 10.5 Å². The number of hydrogen-bond acceptors (Lipinski definition) is 3. The average molecular weight is 276 g/mol. The average Bonchev–Trinajstić information content (AvgIpc) is 2.55. The number of pyridine rings is 1. The fraction of sp³-hybridized carbons (Fsp3) is 0.0556. The summed E-state index contributed by atoms with van der Waals surface area (Å²) in [5.74, 6) is 1.33. The summed E-state index contributed by atoms with van der Waals surface area (Å²) in [5.41, 5.74) is 9.05. The SMILES string of the molecule is Nc1ncccc1COc1ccc(-c2ccccc2)cc1. The molecule has 0 spiro atoms. The van der Waals surface area contributed by atoms with Gasteiger partial charge in [-0.2, -0.15) is 0 Å². The second-order valence-corrected chi connectivity index (χ2v) is 4.73. The molecule has 3 nitrogen and oxygen atoms in total. The zero-order chi connectivity index (χ0) is 14.5. The molecule has 21 heavy (non-hydrogen) atoms. The maximum Gasteiger partial charge on any atom is 0.129 e. The first kappa shape index (κ1) is 13.2. The molecule has 0 aliphatic heterocycles. The molecule has 2 N–H and O–H groups in total. The van der Waals surface area contributed by atoms with E-state index in [1.54, 1.807) is 6.20 Å². The van der Waals surface area contributed by atoms with Gasteiger partial charge in [0.05, 0.1) is 0 Å². The molecular formula is C18H16N2O. The topological polar surface area (TPSA) is 48.1 Å². The maximum atomic E-state index is 5.79. The molecule has 2 aromatic carbocycles. The van der Waals surface area contributed by atoms with Crippen molar-refractivity contribution in [1.29, 1.82) is 0 Å².